The molecule has 1 fully saturated rings. The minimum absolute atomic E-state index is 0.0401. The molecule has 3 heterocycles. The Morgan fingerprint density at radius 3 is 2.15 bits per heavy atom. The average molecular weight is 573 g/mol. The van der Waals surface area contributed by atoms with Crippen molar-refractivity contribution < 1.29 is 38.1 Å². The standard InChI is InChI=1S/C20H27F3N6OS.C4H4O4/c1-19(2,3)17-25-14(20(21,22)23)13-15(26-17)29-10-8-28(9-11-29)7-4-12-31-18-24-6-5-16(30)27-18;5-3(6)1-2-4(7)8/h5-6,13H,4,7-12H2,1-3H3,(H,24,27,30);1-2H,(H,5,6)(H,7,8). The molecule has 0 radical (unpaired) electrons. The van der Waals surface area contributed by atoms with Gasteiger partial charge >= 0.3 is 18.1 Å². The number of hydrogen-bond donors (Lipinski definition) is 3. The summed E-state index contributed by atoms with van der Waals surface area (Å²) >= 11 is 1.49. The molecule has 3 rings (SSSR count). The quantitative estimate of drug-likeness (QED) is 0.184. The van der Waals surface area contributed by atoms with Crippen molar-refractivity contribution in [3.8, 4) is 5.88 Å². The first-order valence-corrected chi connectivity index (χ1v) is 12.9. The first kappa shape index (κ1) is 31.8. The number of hydrogen-bond acceptors (Lipinski definition) is 10. The zero-order valence-corrected chi connectivity index (χ0v) is 22.5. The number of carboxylic acid groups (broad SMARTS) is 2. The molecule has 11 nitrogen and oxygen atoms in total. The summed E-state index contributed by atoms with van der Waals surface area (Å²) in [5.74, 6) is -1.20. The Hall–Kier alpha value is -3.46. The smallest absolute Gasteiger partial charge is 0.433 e. The topological polar surface area (TPSA) is 153 Å². The molecule has 0 spiro atoms. The number of thioether (sulfide) groups is 1. The van der Waals surface area contributed by atoms with Gasteiger partial charge in [-0.2, -0.15) is 18.2 Å². The minimum Gasteiger partial charge on any atom is -0.493 e. The van der Waals surface area contributed by atoms with Gasteiger partial charge in [0.25, 0.3) is 0 Å². The number of rotatable bonds is 8. The fraction of sp³-hybridized carbons (Fsp3) is 0.500. The van der Waals surface area contributed by atoms with Crippen LogP contribution in [0.3, 0.4) is 0 Å². The predicted molar refractivity (Wildman–Crippen MR) is 138 cm³/mol. The van der Waals surface area contributed by atoms with Crippen molar-refractivity contribution >= 4 is 29.5 Å². The van der Waals surface area contributed by atoms with Gasteiger partial charge in [0.2, 0.25) is 5.88 Å². The van der Waals surface area contributed by atoms with E-state index in [2.05, 4.69) is 24.8 Å². The highest BCUT2D eigenvalue weighted by molar-refractivity contribution is 7.99. The molecule has 0 aromatic carbocycles. The molecule has 3 N–H and O–H groups in total. The largest absolute Gasteiger partial charge is 0.493 e. The van der Waals surface area contributed by atoms with Crippen LogP contribution >= 0.6 is 11.8 Å². The van der Waals surface area contributed by atoms with E-state index >= 15 is 0 Å². The summed E-state index contributed by atoms with van der Waals surface area (Å²) in [6.45, 7) is 9.04. The molecule has 0 atom stereocenters. The third-order valence-electron chi connectivity index (χ3n) is 5.21. The molecule has 1 saturated heterocycles. The third kappa shape index (κ3) is 11.4. The number of carboxylic acids is 2. The molecule has 1 aliphatic rings. The lowest BCUT2D eigenvalue weighted by Gasteiger charge is -2.36. The van der Waals surface area contributed by atoms with Gasteiger partial charge in [-0.15, -0.1) is 0 Å². The van der Waals surface area contributed by atoms with E-state index in [4.69, 9.17) is 10.2 Å². The molecule has 0 saturated carbocycles. The molecule has 214 valence electrons. The van der Waals surface area contributed by atoms with Crippen LogP contribution in [-0.4, -0.2) is 90.6 Å². The molecule has 0 unspecified atom stereocenters. The number of anilines is 1. The van der Waals surface area contributed by atoms with Crippen LogP contribution in [0.5, 0.6) is 5.88 Å². The maximum atomic E-state index is 13.3. The lowest BCUT2D eigenvalue weighted by atomic mass is 9.95. The summed E-state index contributed by atoms with van der Waals surface area (Å²) in [6.07, 6.45) is -0.947. The van der Waals surface area contributed by atoms with Crippen LogP contribution < -0.4 is 4.90 Å². The van der Waals surface area contributed by atoms with Crippen molar-refractivity contribution in [1.29, 1.82) is 0 Å². The number of aromatic hydroxyl groups is 1. The van der Waals surface area contributed by atoms with Crippen LogP contribution in [0.15, 0.2) is 35.6 Å². The van der Waals surface area contributed by atoms with Gasteiger partial charge in [-0.05, 0) is 13.0 Å². The fourth-order valence-electron chi connectivity index (χ4n) is 3.27. The van der Waals surface area contributed by atoms with Crippen LogP contribution in [0.2, 0.25) is 0 Å². The molecular weight excluding hydrogens is 541 g/mol. The van der Waals surface area contributed by atoms with Crippen molar-refractivity contribution in [2.45, 2.75) is 43.9 Å². The summed E-state index contributed by atoms with van der Waals surface area (Å²) in [6, 6.07) is 2.49. The summed E-state index contributed by atoms with van der Waals surface area (Å²) in [7, 11) is 0. The zero-order valence-electron chi connectivity index (χ0n) is 21.7. The molecule has 2 aromatic heterocycles. The van der Waals surface area contributed by atoms with E-state index in [1.54, 1.807) is 0 Å². The Morgan fingerprint density at radius 2 is 1.64 bits per heavy atom. The van der Waals surface area contributed by atoms with Gasteiger partial charge in [0, 0.05) is 67.8 Å². The van der Waals surface area contributed by atoms with E-state index in [0.29, 0.717) is 36.2 Å². The number of alkyl halides is 3. The van der Waals surface area contributed by atoms with Crippen molar-refractivity contribution in [1.82, 2.24) is 24.8 Å². The van der Waals surface area contributed by atoms with Crippen molar-refractivity contribution in [3.63, 3.8) is 0 Å². The van der Waals surface area contributed by atoms with Gasteiger partial charge in [-0.25, -0.2) is 24.5 Å². The van der Waals surface area contributed by atoms with Gasteiger partial charge in [-0.1, -0.05) is 32.5 Å². The second-order valence-corrected chi connectivity index (χ2v) is 10.5. The van der Waals surface area contributed by atoms with E-state index in [9.17, 15) is 27.9 Å². The van der Waals surface area contributed by atoms with Crippen LogP contribution in [0.25, 0.3) is 0 Å². The molecule has 1 aliphatic heterocycles. The highest BCUT2D eigenvalue weighted by Gasteiger charge is 2.36. The average Bonchev–Trinajstić information content (AvgIpc) is 2.85. The van der Waals surface area contributed by atoms with E-state index in [1.165, 1.54) is 24.0 Å². The van der Waals surface area contributed by atoms with E-state index in [0.717, 1.165) is 37.9 Å². The van der Waals surface area contributed by atoms with Crippen LogP contribution in [0, 0.1) is 0 Å². The molecule has 2 aromatic rings. The van der Waals surface area contributed by atoms with Crippen molar-refractivity contribution in [2.75, 3.05) is 43.4 Å². The number of carbonyl (C=O) groups is 2. The van der Waals surface area contributed by atoms with Crippen molar-refractivity contribution in [2.24, 2.45) is 0 Å². The van der Waals surface area contributed by atoms with Gasteiger partial charge in [0.05, 0.1) is 0 Å². The lowest BCUT2D eigenvalue weighted by molar-refractivity contribution is -0.141. The van der Waals surface area contributed by atoms with Gasteiger partial charge in [0.1, 0.15) is 17.3 Å². The van der Waals surface area contributed by atoms with E-state index in [1.807, 2.05) is 25.7 Å². The molecule has 15 heteroatoms. The number of piperazine rings is 1. The van der Waals surface area contributed by atoms with Gasteiger partial charge in [-0.3, -0.25) is 4.90 Å². The van der Waals surface area contributed by atoms with E-state index in [-0.39, 0.29) is 11.7 Å². The SMILES string of the molecule is CC(C)(C)c1nc(N2CCN(CCCSc3nccc(O)n3)CC2)cc(C(F)(F)F)n1.O=C(O)C=CC(=O)O. The Morgan fingerprint density at radius 1 is 1.03 bits per heavy atom. The zero-order chi connectivity index (χ0) is 29.2. The Bertz CT molecular complexity index is 1100. The van der Waals surface area contributed by atoms with Crippen LogP contribution in [-0.2, 0) is 21.2 Å². The van der Waals surface area contributed by atoms with Gasteiger partial charge in [0.15, 0.2) is 5.16 Å². The summed E-state index contributed by atoms with van der Waals surface area (Å²) < 4.78 is 40.0. The maximum absolute atomic E-state index is 13.3. The second-order valence-electron chi connectivity index (χ2n) is 9.42. The predicted octanol–water partition coefficient (Wildman–Crippen LogP) is 3.30. The minimum atomic E-state index is -4.50. The van der Waals surface area contributed by atoms with Gasteiger partial charge < -0.3 is 20.2 Å². The normalized spacial score (nSPS) is 14.7. The molecule has 39 heavy (non-hydrogen) atoms. The van der Waals surface area contributed by atoms with Crippen LogP contribution in [0.1, 0.15) is 38.7 Å². The molecular formula is C24H31F3N6O5S. The Kier molecular flexibility index (Phi) is 11.5. The highest BCUT2D eigenvalue weighted by atomic mass is 32.2. The van der Waals surface area contributed by atoms with Crippen LogP contribution in [0.4, 0.5) is 19.0 Å². The first-order valence-electron chi connectivity index (χ1n) is 11.9. The lowest BCUT2D eigenvalue weighted by Crippen LogP contribution is -2.47. The molecule has 0 aliphatic carbocycles. The number of nitrogens with zero attached hydrogens (tertiary/aromatic N) is 6. The first-order chi connectivity index (χ1) is 18.1. The number of aliphatic carboxylic acids is 2. The molecule has 0 amide bonds. The maximum Gasteiger partial charge on any atom is 0.433 e. The monoisotopic (exact) mass is 572 g/mol. The summed E-state index contributed by atoms with van der Waals surface area (Å²) in [5.41, 5.74) is -1.47. The van der Waals surface area contributed by atoms with Crippen molar-refractivity contribution in [3.05, 3.63) is 42.0 Å². The number of aromatic nitrogens is 4. The Balaban J connectivity index is 0.000000580. The second kappa shape index (κ2) is 14.1. The Labute approximate surface area is 227 Å². The summed E-state index contributed by atoms with van der Waals surface area (Å²) in [4.78, 5) is 39.5. The third-order valence-corrected chi connectivity index (χ3v) is 6.15. The fourth-order valence-corrected chi connectivity index (χ4v) is 4.02. The number of halogens is 3. The highest BCUT2D eigenvalue weighted by Crippen LogP contribution is 2.32. The molecule has 0 bridgehead atoms. The summed E-state index contributed by atoms with van der Waals surface area (Å²) in [5, 5.41) is 25.5. The van der Waals surface area contributed by atoms with E-state index < -0.39 is 29.2 Å².